The highest BCUT2D eigenvalue weighted by Crippen LogP contribution is 2.23. The van der Waals surface area contributed by atoms with E-state index >= 15 is 0 Å². The van der Waals surface area contributed by atoms with Crippen LogP contribution in [-0.2, 0) is 11.8 Å². The molecule has 0 saturated heterocycles. The Balaban J connectivity index is 2.33. The molecule has 0 fully saturated rings. The molecule has 0 saturated carbocycles. The second-order valence-corrected chi connectivity index (χ2v) is 6.92. The quantitative estimate of drug-likeness (QED) is 0.506. The molecule has 8 nitrogen and oxygen atoms in total. The summed E-state index contributed by atoms with van der Waals surface area (Å²) < 4.78 is 11.7. The monoisotopic (exact) mass is 389 g/mol. The molecule has 152 valence electrons. The topological polar surface area (TPSA) is 85.0 Å². The number of carbonyl (C=O) groups is 3. The van der Waals surface area contributed by atoms with Crippen molar-refractivity contribution in [1.82, 2.24) is 14.4 Å². The van der Waals surface area contributed by atoms with Gasteiger partial charge in [0.15, 0.2) is 11.5 Å². The highest BCUT2D eigenvalue weighted by Gasteiger charge is 2.28. The third-order valence-corrected chi connectivity index (χ3v) is 4.76. The number of ether oxygens (including phenoxy) is 1. The lowest BCUT2D eigenvalue weighted by Gasteiger charge is -2.23. The standard InChI is InChI=1S/C20H27N3O5/c1-13-17(14(2)22(5)18(13)20(26)27-6)15(24)12-23(10-9-21(3)4)19(25)16-8-7-11-28-16/h7-8,11H,9-10,12H2,1-6H3. The van der Waals surface area contributed by atoms with Gasteiger partial charge in [0.2, 0.25) is 0 Å². The minimum atomic E-state index is -0.502. The predicted octanol–water partition coefficient (Wildman–Crippen LogP) is 1.91. The first-order chi connectivity index (χ1) is 13.2. The van der Waals surface area contributed by atoms with Gasteiger partial charge in [0.1, 0.15) is 5.69 Å². The first-order valence-electron chi connectivity index (χ1n) is 8.93. The second-order valence-electron chi connectivity index (χ2n) is 6.92. The SMILES string of the molecule is COC(=O)c1c(C)c(C(=O)CN(CCN(C)C)C(=O)c2ccco2)c(C)n1C. The number of methoxy groups -OCH3 is 1. The van der Waals surface area contributed by atoms with Crippen LogP contribution in [0, 0.1) is 13.8 Å². The Morgan fingerprint density at radius 3 is 2.39 bits per heavy atom. The second kappa shape index (κ2) is 8.88. The van der Waals surface area contributed by atoms with Crippen LogP contribution in [0.1, 0.15) is 42.7 Å². The first kappa shape index (κ1) is 21.4. The van der Waals surface area contributed by atoms with E-state index in [-0.39, 0.29) is 24.0 Å². The van der Waals surface area contributed by atoms with Crippen molar-refractivity contribution in [3.8, 4) is 0 Å². The molecule has 0 N–H and O–H groups in total. The number of carbonyl (C=O) groups excluding carboxylic acids is 3. The zero-order valence-electron chi connectivity index (χ0n) is 17.2. The van der Waals surface area contributed by atoms with Gasteiger partial charge >= 0.3 is 5.97 Å². The summed E-state index contributed by atoms with van der Waals surface area (Å²) in [5.74, 6) is -0.902. The van der Waals surface area contributed by atoms with Crippen LogP contribution in [0.25, 0.3) is 0 Å². The van der Waals surface area contributed by atoms with Gasteiger partial charge in [-0.25, -0.2) is 4.79 Å². The molecular formula is C20H27N3O5. The minimum Gasteiger partial charge on any atom is -0.464 e. The van der Waals surface area contributed by atoms with Crippen molar-refractivity contribution in [3.05, 3.63) is 46.7 Å². The van der Waals surface area contributed by atoms with E-state index in [0.29, 0.717) is 35.6 Å². The molecule has 0 aliphatic rings. The Kier molecular flexibility index (Phi) is 6.80. The number of nitrogens with zero attached hydrogens (tertiary/aromatic N) is 3. The first-order valence-corrected chi connectivity index (χ1v) is 8.93. The molecule has 2 rings (SSSR count). The number of likely N-dealkylation sites (N-methyl/N-ethyl adjacent to an activating group) is 1. The average Bonchev–Trinajstić information content (AvgIpc) is 3.25. The van der Waals surface area contributed by atoms with Crippen LogP contribution in [-0.4, -0.2) is 72.9 Å². The highest BCUT2D eigenvalue weighted by molar-refractivity contribution is 6.05. The number of furan rings is 1. The molecular weight excluding hydrogens is 362 g/mol. The van der Waals surface area contributed by atoms with Crippen molar-refractivity contribution in [2.24, 2.45) is 7.05 Å². The summed E-state index contributed by atoms with van der Waals surface area (Å²) in [5.41, 5.74) is 1.97. The van der Waals surface area contributed by atoms with E-state index in [0.717, 1.165) is 0 Å². The lowest BCUT2D eigenvalue weighted by Crippen LogP contribution is -2.40. The number of rotatable bonds is 8. The lowest BCUT2D eigenvalue weighted by molar-refractivity contribution is 0.0588. The molecule has 0 radical (unpaired) electrons. The Hall–Kier alpha value is -2.87. The molecule has 0 aliphatic heterocycles. The Bertz CT molecular complexity index is 865. The third kappa shape index (κ3) is 4.33. The molecule has 28 heavy (non-hydrogen) atoms. The van der Waals surface area contributed by atoms with Crippen LogP contribution in [0.2, 0.25) is 0 Å². The molecule has 0 aromatic carbocycles. The highest BCUT2D eigenvalue weighted by atomic mass is 16.5. The van der Waals surface area contributed by atoms with Crippen molar-refractivity contribution in [2.45, 2.75) is 13.8 Å². The van der Waals surface area contributed by atoms with Crippen molar-refractivity contribution >= 4 is 17.7 Å². The van der Waals surface area contributed by atoms with Crippen molar-refractivity contribution in [2.75, 3.05) is 40.8 Å². The molecule has 0 spiro atoms. The summed E-state index contributed by atoms with van der Waals surface area (Å²) in [6.07, 6.45) is 1.42. The number of amides is 1. The summed E-state index contributed by atoms with van der Waals surface area (Å²) in [7, 11) is 6.80. The smallest absolute Gasteiger partial charge is 0.354 e. The molecule has 2 aromatic rings. The van der Waals surface area contributed by atoms with E-state index in [4.69, 9.17) is 9.15 Å². The van der Waals surface area contributed by atoms with Crippen LogP contribution >= 0.6 is 0 Å². The van der Waals surface area contributed by atoms with Gasteiger partial charge in [0, 0.05) is 31.4 Å². The number of aromatic nitrogens is 1. The van der Waals surface area contributed by atoms with Crippen LogP contribution in [0.4, 0.5) is 0 Å². The Morgan fingerprint density at radius 1 is 1.18 bits per heavy atom. The molecule has 0 atom stereocenters. The van der Waals surface area contributed by atoms with Gasteiger partial charge in [-0.2, -0.15) is 0 Å². The fourth-order valence-electron chi connectivity index (χ4n) is 3.16. The number of hydrogen-bond donors (Lipinski definition) is 0. The zero-order chi connectivity index (χ0) is 21.0. The summed E-state index contributed by atoms with van der Waals surface area (Å²) in [6.45, 7) is 4.34. The minimum absolute atomic E-state index is 0.111. The van der Waals surface area contributed by atoms with Crippen LogP contribution in [0.3, 0.4) is 0 Å². The molecule has 2 heterocycles. The zero-order valence-corrected chi connectivity index (χ0v) is 17.2. The number of ketones is 1. The molecule has 0 unspecified atom stereocenters. The van der Waals surface area contributed by atoms with Crippen LogP contribution in [0.15, 0.2) is 22.8 Å². The summed E-state index contributed by atoms with van der Waals surface area (Å²) in [6, 6.07) is 3.21. The number of esters is 1. The molecule has 2 aromatic heterocycles. The summed E-state index contributed by atoms with van der Waals surface area (Å²) in [5, 5.41) is 0. The third-order valence-electron chi connectivity index (χ3n) is 4.76. The van der Waals surface area contributed by atoms with Gasteiger partial charge in [0.25, 0.3) is 5.91 Å². The fourth-order valence-corrected chi connectivity index (χ4v) is 3.16. The van der Waals surface area contributed by atoms with Gasteiger partial charge in [-0.05, 0) is 45.6 Å². The van der Waals surface area contributed by atoms with Gasteiger partial charge in [-0.15, -0.1) is 0 Å². The van der Waals surface area contributed by atoms with Crippen LogP contribution < -0.4 is 0 Å². The molecule has 1 amide bonds. The largest absolute Gasteiger partial charge is 0.464 e. The van der Waals surface area contributed by atoms with E-state index in [1.165, 1.54) is 18.3 Å². The summed E-state index contributed by atoms with van der Waals surface area (Å²) >= 11 is 0. The Labute approximate surface area is 164 Å². The van der Waals surface area contributed by atoms with Gasteiger partial charge in [0.05, 0.1) is 19.9 Å². The summed E-state index contributed by atoms with van der Waals surface area (Å²) in [4.78, 5) is 41.3. The van der Waals surface area contributed by atoms with Gasteiger partial charge < -0.3 is 23.5 Å². The van der Waals surface area contributed by atoms with E-state index < -0.39 is 5.97 Å². The van der Waals surface area contributed by atoms with E-state index in [9.17, 15) is 14.4 Å². The van der Waals surface area contributed by atoms with Crippen molar-refractivity contribution < 1.29 is 23.5 Å². The van der Waals surface area contributed by atoms with Gasteiger partial charge in [-0.3, -0.25) is 9.59 Å². The normalized spacial score (nSPS) is 11.0. The molecule has 0 bridgehead atoms. The van der Waals surface area contributed by atoms with Gasteiger partial charge in [-0.1, -0.05) is 0 Å². The maximum Gasteiger partial charge on any atom is 0.354 e. The predicted molar refractivity (Wildman–Crippen MR) is 104 cm³/mol. The van der Waals surface area contributed by atoms with E-state index in [1.54, 1.807) is 37.6 Å². The lowest BCUT2D eigenvalue weighted by atomic mass is 10.0. The fraction of sp³-hybridized carbons (Fsp3) is 0.450. The van der Waals surface area contributed by atoms with E-state index in [1.807, 2.05) is 19.0 Å². The number of hydrogen-bond acceptors (Lipinski definition) is 6. The van der Waals surface area contributed by atoms with E-state index in [2.05, 4.69) is 0 Å². The van der Waals surface area contributed by atoms with Crippen molar-refractivity contribution in [3.63, 3.8) is 0 Å². The maximum atomic E-state index is 13.1. The maximum absolute atomic E-state index is 13.1. The number of Topliss-reactive ketones (excluding diaryl/α,β-unsaturated/α-hetero) is 1. The van der Waals surface area contributed by atoms with Crippen LogP contribution in [0.5, 0.6) is 0 Å². The Morgan fingerprint density at radius 2 is 1.86 bits per heavy atom. The molecule has 0 aliphatic carbocycles. The average molecular weight is 389 g/mol. The molecule has 8 heteroatoms. The van der Waals surface area contributed by atoms with Crippen molar-refractivity contribution in [1.29, 1.82) is 0 Å².